The molecule has 0 spiro atoms. The van der Waals surface area contributed by atoms with Gasteiger partial charge in [-0.05, 0) is 23.8 Å². The number of aromatic nitrogens is 2. The van der Waals surface area contributed by atoms with Crippen LogP contribution in [0.2, 0.25) is 0 Å². The Morgan fingerprint density at radius 1 is 1.20 bits per heavy atom. The van der Waals surface area contributed by atoms with Gasteiger partial charge in [0, 0.05) is 6.07 Å². The molecule has 0 fully saturated rings. The number of carboxylic acid groups (broad SMARTS) is 1. The minimum atomic E-state index is -1.10. The van der Waals surface area contributed by atoms with Crippen molar-refractivity contribution in [1.82, 2.24) is 9.55 Å². The van der Waals surface area contributed by atoms with Crippen LogP contribution in [0, 0.1) is 0 Å². The van der Waals surface area contributed by atoms with Gasteiger partial charge in [0.2, 0.25) is 0 Å². The van der Waals surface area contributed by atoms with Gasteiger partial charge in [-0.3, -0.25) is 14.2 Å². The molecule has 6 nitrogen and oxygen atoms in total. The van der Waals surface area contributed by atoms with Gasteiger partial charge in [-0.15, -0.1) is 0 Å². The summed E-state index contributed by atoms with van der Waals surface area (Å²) in [4.78, 5) is 28.2. The predicted molar refractivity (Wildman–Crippen MR) is 95.6 cm³/mol. The molecule has 0 atom stereocenters. The maximum atomic E-state index is 12.7. The molecular formula is C19H16N2O4. The summed E-state index contributed by atoms with van der Waals surface area (Å²) in [6.45, 7) is -0.447. The summed E-state index contributed by atoms with van der Waals surface area (Å²) >= 11 is 0. The second kappa shape index (κ2) is 7.00. The number of carbonyl (C=O) groups is 1. The molecule has 0 unspecified atom stereocenters. The lowest BCUT2D eigenvalue weighted by molar-refractivity contribution is -0.137. The summed E-state index contributed by atoms with van der Waals surface area (Å²) in [6, 6.07) is 14.5. The van der Waals surface area contributed by atoms with E-state index < -0.39 is 18.1 Å². The van der Waals surface area contributed by atoms with Crippen molar-refractivity contribution in [2.24, 2.45) is 0 Å². The summed E-state index contributed by atoms with van der Waals surface area (Å²) in [5.41, 5.74) is 1.58. The Balaban J connectivity index is 2.16. The zero-order valence-electron chi connectivity index (χ0n) is 13.5. The second-order valence-electron chi connectivity index (χ2n) is 5.38. The van der Waals surface area contributed by atoms with Crippen LogP contribution in [-0.4, -0.2) is 27.7 Å². The molecule has 2 aromatic carbocycles. The first kappa shape index (κ1) is 16.4. The maximum absolute atomic E-state index is 12.7. The number of benzene rings is 2. The summed E-state index contributed by atoms with van der Waals surface area (Å²) in [5, 5.41) is 9.15. The van der Waals surface area contributed by atoms with E-state index >= 15 is 0 Å². The Morgan fingerprint density at radius 2 is 1.96 bits per heavy atom. The van der Waals surface area contributed by atoms with Gasteiger partial charge < -0.3 is 9.84 Å². The van der Waals surface area contributed by atoms with Crippen LogP contribution < -0.4 is 10.3 Å². The van der Waals surface area contributed by atoms with E-state index in [0.29, 0.717) is 16.8 Å². The van der Waals surface area contributed by atoms with Crippen molar-refractivity contribution in [2.75, 3.05) is 7.11 Å². The Kier molecular flexibility index (Phi) is 4.61. The number of hydrogen-bond donors (Lipinski definition) is 1. The summed E-state index contributed by atoms with van der Waals surface area (Å²) < 4.78 is 6.35. The van der Waals surface area contributed by atoms with Crippen molar-refractivity contribution >= 4 is 29.2 Å². The number of carboxylic acids is 1. The normalized spacial score (nSPS) is 11.1. The Bertz CT molecular complexity index is 1010. The molecule has 1 heterocycles. The van der Waals surface area contributed by atoms with E-state index in [4.69, 9.17) is 9.84 Å². The number of nitrogens with zero attached hydrogens (tertiary/aromatic N) is 2. The number of fused-ring (bicyclic) bond motifs is 1. The first-order valence-corrected chi connectivity index (χ1v) is 7.62. The van der Waals surface area contributed by atoms with Crippen LogP contribution in [0.1, 0.15) is 11.3 Å². The molecule has 0 amide bonds. The Labute approximate surface area is 143 Å². The van der Waals surface area contributed by atoms with Gasteiger partial charge in [-0.2, -0.15) is 0 Å². The molecule has 0 aliphatic carbocycles. The minimum Gasteiger partial charge on any atom is -0.497 e. The van der Waals surface area contributed by atoms with Gasteiger partial charge in [0.15, 0.2) is 0 Å². The van der Waals surface area contributed by atoms with Gasteiger partial charge in [0.25, 0.3) is 5.56 Å². The van der Waals surface area contributed by atoms with E-state index in [1.54, 1.807) is 30.4 Å². The predicted octanol–water partition coefficient (Wildman–Crippen LogP) is 2.66. The van der Waals surface area contributed by atoms with Gasteiger partial charge >= 0.3 is 5.97 Å². The molecule has 0 aliphatic rings. The number of methoxy groups -OCH3 is 1. The van der Waals surface area contributed by atoms with Crippen LogP contribution in [-0.2, 0) is 11.3 Å². The highest BCUT2D eigenvalue weighted by Gasteiger charge is 2.12. The molecule has 0 radical (unpaired) electrons. The lowest BCUT2D eigenvalue weighted by Crippen LogP contribution is -2.27. The van der Waals surface area contributed by atoms with Crippen molar-refractivity contribution in [2.45, 2.75) is 6.54 Å². The fraction of sp³-hybridized carbons (Fsp3) is 0.105. The first-order valence-electron chi connectivity index (χ1n) is 7.62. The summed E-state index contributed by atoms with van der Waals surface area (Å²) in [6.07, 6.45) is 3.36. The third kappa shape index (κ3) is 3.58. The number of ether oxygens (including phenoxy) is 1. The third-order valence-electron chi connectivity index (χ3n) is 3.71. The van der Waals surface area contributed by atoms with Gasteiger partial charge in [-0.1, -0.05) is 36.4 Å². The molecule has 25 heavy (non-hydrogen) atoms. The largest absolute Gasteiger partial charge is 0.497 e. The lowest BCUT2D eigenvalue weighted by Gasteiger charge is -2.10. The van der Waals surface area contributed by atoms with Crippen molar-refractivity contribution in [3.05, 3.63) is 70.1 Å². The van der Waals surface area contributed by atoms with E-state index in [9.17, 15) is 9.59 Å². The van der Waals surface area contributed by atoms with Crippen molar-refractivity contribution in [1.29, 1.82) is 0 Å². The molecular weight excluding hydrogens is 320 g/mol. The highest BCUT2D eigenvalue weighted by atomic mass is 16.5. The van der Waals surface area contributed by atoms with Crippen LogP contribution in [0.5, 0.6) is 5.75 Å². The zero-order valence-corrected chi connectivity index (χ0v) is 13.5. The molecule has 1 aromatic heterocycles. The SMILES string of the molecule is COc1ccc2nc(/C=C/c3ccccc3)c(=O)n(CC(=O)O)c2c1. The van der Waals surface area contributed by atoms with Crippen LogP contribution in [0.25, 0.3) is 23.2 Å². The van der Waals surface area contributed by atoms with Gasteiger partial charge in [-0.25, -0.2) is 4.98 Å². The minimum absolute atomic E-state index is 0.183. The smallest absolute Gasteiger partial charge is 0.323 e. The number of rotatable bonds is 5. The summed E-state index contributed by atoms with van der Waals surface area (Å²) in [5.74, 6) is -0.573. The zero-order chi connectivity index (χ0) is 17.8. The molecule has 3 aromatic rings. The van der Waals surface area contributed by atoms with E-state index in [1.807, 2.05) is 30.3 Å². The highest BCUT2D eigenvalue weighted by molar-refractivity contribution is 5.80. The molecule has 126 valence electrons. The van der Waals surface area contributed by atoms with Crippen LogP contribution in [0.15, 0.2) is 53.3 Å². The van der Waals surface area contributed by atoms with Crippen LogP contribution >= 0.6 is 0 Å². The topological polar surface area (TPSA) is 81.4 Å². The molecule has 6 heteroatoms. The van der Waals surface area contributed by atoms with Gasteiger partial charge in [0.1, 0.15) is 18.0 Å². The van der Waals surface area contributed by atoms with Crippen LogP contribution in [0.3, 0.4) is 0 Å². The summed E-state index contributed by atoms with van der Waals surface area (Å²) in [7, 11) is 1.51. The van der Waals surface area contributed by atoms with Crippen molar-refractivity contribution < 1.29 is 14.6 Å². The monoisotopic (exact) mass is 336 g/mol. The van der Waals surface area contributed by atoms with Crippen molar-refractivity contribution in [3.63, 3.8) is 0 Å². The van der Waals surface area contributed by atoms with E-state index in [-0.39, 0.29) is 5.69 Å². The number of aliphatic carboxylic acids is 1. The molecule has 0 saturated heterocycles. The Hall–Kier alpha value is -3.41. The molecule has 0 bridgehead atoms. The highest BCUT2D eigenvalue weighted by Crippen LogP contribution is 2.19. The maximum Gasteiger partial charge on any atom is 0.323 e. The Morgan fingerprint density at radius 3 is 2.64 bits per heavy atom. The fourth-order valence-electron chi connectivity index (χ4n) is 2.51. The van der Waals surface area contributed by atoms with Crippen molar-refractivity contribution in [3.8, 4) is 5.75 Å². The third-order valence-corrected chi connectivity index (χ3v) is 3.71. The van der Waals surface area contributed by atoms with Crippen LogP contribution in [0.4, 0.5) is 0 Å². The van der Waals surface area contributed by atoms with Gasteiger partial charge in [0.05, 0.1) is 18.1 Å². The average Bonchev–Trinajstić information content (AvgIpc) is 2.63. The standard InChI is InChI=1S/C19H16N2O4/c1-25-14-8-10-15-17(11-14)21(12-18(22)23)19(24)16(20-15)9-7-13-5-3-2-4-6-13/h2-11H,12H2,1H3,(H,22,23)/b9-7+. The average molecular weight is 336 g/mol. The van der Waals surface area contributed by atoms with E-state index in [0.717, 1.165) is 5.56 Å². The molecule has 0 aliphatic heterocycles. The molecule has 0 saturated carbocycles. The lowest BCUT2D eigenvalue weighted by atomic mass is 10.2. The number of hydrogen-bond acceptors (Lipinski definition) is 4. The molecule has 1 N–H and O–H groups in total. The van der Waals surface area contributed by atoms with E-state index in [2.05, 4.69) is 4.98 Å². The van der Waals surface area contributed by atoms with E-state index in [1.165, 1.54) is 11.7 Å². The fourth-order valence-corrected chi connectivity index (χ4v) is 2.51. The molecule has 3 rings (SSSR count). The second-order valence-corrected chi connectivity index (χ2v) is 5.38. The first-order chi connectivity index (χ1) is 12.1. The quantitative estimate of drug-likeness (QED) is 0.775.